The molecule has 0 radical (unpaired) electrons. The molecule has 146 valence electrons. The number of carbonyl (C=O) groups is 1. The molecule has 0 saturated heterocycles. The summed E-state index contributed by atoms with van der Waals surface area (Å²) in [5.41, 5.74) is 3.68. The summed E-state index contributed by atoms with van der Waals surface area (Å²) >= 11 is 12.2. The largest absolute Gasteiger partial charge is 0.346 e. The van der Waals surface area contributed by atoms with Gasteiger partial charge in [-0.1, -0.05) is 43.1 Å². The average molecular weight is 417 g/mol. The number of benzene rings is 1. The molecule has 7 heteroatoms. The first-order valence-corrected chi connectivity index (χ1v) is 9.84. The van der Waals surface area contributed by atoms with E-state index in [9.17, 15) is 4.79 Å². The Hall–Kier alpha value is -2.37. The minimum absolute atomic E-state index is 0.162. The Morgan fingerprint density at radius 1 is 1.18 bits per heavy atom. The summed E-state index contributed by atoms with van der Waals surface area (Å²) in [6, 6.07) is 10.9. The topological polar surface area (TPSA) is 59.8 Å². The average Bonchev–Trinajstić information content (AvgIpc) is 2.98. The Morgan fingerprint density at radius 3 is 2.61 bits per heavy atom. The lowest BCUT2D eigenvalue weighted by atomic mass is 10.0. The predicted octanol–water partition coefficient (Wildman–Crippen LogP) is 5.01. The van der Waals surface area contributed by atoms with Gasteiger partial charge in [0.15, 0.2) is 0 Å². The van der Waals surface area contributed by atoms with Crippen molar-refractivity contribution in [3.8, 4) is 5.69 Å². The van der Waals surface area contributed by atoms with Crippen LogP contribution in [-0.2, 0) is 13.0 Å². The van der Waals surface area contributed by atoms with Crippen molar-refractivity contribution in [1.29, 1.82) is 0 Å². The third kappa shape index (κ3) is 4.54. The number of carbonyl (C=O) groups excluding carboxylic acids is 1. The smallest absolute Gasteiger partial charge is 0.255 e. The van der Waals surface area contributed by atoms with Crippen LogP contribution in [0.5, 0.6) is 0 Å². The minimum atomic E-state index is -0.162. The third-order valence-electron chi connectivity index (χ3n) is 4.32. The highest BCUT2D eigenvalue weighted by Crippen LogP contribution is 2.27. The minimum Gasteiger partial charge on any atom is -0.346 e. The van der Waals surface area contributed by atoms with E-state index in [0.29, 0.717) is 34.5 Å². The van der Waals surface area contributed by atoms with Gasteiger partial charge in [-0.3, -0.25) is 9.78 Å². The molecule has 5 nitrogen and oxygen atoms in total. The number of halogens is 2. The van der Waals surface area contributed by atoms with Gasteiger partial charge >= 0.3 is 0 Å². The first-order valence-electron chi connectivity index (χ1n) is 9.09. The first kappa shape index (κ1) is 20.4. The van der Waals surface area contributed by atoms with Crippen LogP contribution in [0.1, 0.15) is 41.3 Å². The molecular weight excluding hydrogens is 395 g/mol. The van der Waals surface area contributed by atoms with E-state index in [2.05, 4.69) is 24.1 Å². The quantitative estimate of drug-likeness (QED) is 0.613. The van der Waals surface area contributed by atoms with E-state index in [1.165, 1.54) is 0 Å². The SMILES string of the molecule is Cc1c(C(=O)NCc2ccccn2)c(CC(C)C)nn1-c1ccc(Cl)c(Cl)c1. The van der Waals surface area contributed by atoms with Crippen LogP contribution in [0.2, 0.25) is 10.0 Å². The molecule has 28 heavy (non-hydrogen) atoms. The number of hydrogen-bond acceptors (Lipinski definition) is 3. The van der Waals surface area contributed by atoms with E-state index in [1.807, 2.05) is 31.2 Å². The van der Waals surface area contributed by atoms with Crippen LogP contribution in [0.15, 0.2) is 42.6 Å². The first-order chi connectivity index (χ1) is 13.4. The normalized spacial score (nSPS) is 11.1. The number of nitrogens with one attached hydrogen (secondary N) is 1. The number of pyridine rings is 1. The van der Waals surface area contributed by atoms with Gasteiger partial charge in [-0.2, -0.15) is 5.10 Å². The Kier molecular flexibility index (Phi) is 6.37. The third-order valence-corrected chi connectivity index (χ3v) is 5.06. The summed E-state index contributed by atoms with van der Waals surface area (Å²) in [6.07, 6.45) is 2.40. The lowest BCUT2D eigenvalue weighted by Crippen LogP contribution is -2.25. The molecule has 3 rings (SSSR count). The summed E-state index contributed by atoms with van der Waals surface area (Å²) in [6.45, 7) is 6.44. The van der Waals surface area contributed by atoms with Crippen LogP contribution in [0.25, 0.3) is 5.69 Å². The maximum Gasteiger partial charge on any atom is 0.255 e. The highest BCUT2D eigenvalue weighted by Gasteiger charge is 2.22. The van der Waals surface area contributed by atoms with Crippen molar-refractivity contribution in [2.45, 2.75) is 33.7 Å². The Morgan fingerprint density at radius 2 is 1.96 bits per heavy atom. The molecule has 0 fully saturated rings. The van der Waals surface area contributed by atoms with Crippen molar-refractivity contribution < 1.29 is 4.79 Å². The highest BCUT2D eigenvalue weighted by molar-refractivity contribution is 6.42. The highest BCUT2D eigenvalue weighted by atomic mass is 35.5. The maximum atomic E-state index is 13.0. The van der Waals surface area contributed by atoms with Gasteiger partial charge in [-0.05, 0) is 49.6 Å². The summed E-state index contributed by atoms with van der Waals surface area (Å²) in [5, 5.41) is 8.58. The molecule has 1 aromatic carbocycles. The van der Waals surface area contributed by atoms with E-state index in [0.717, 1.165) is 22.8 Å². The molecule has 0 aliphatic rings. The van der Waals surface area contributed by atoms with Crippen LogP contribution in [0, 0.1) is 12.8 Å². The van der Waals surface area contributed by atoms with Crippen LogP contribution < -0.4 is 5.32 Å². The summed E-state index contributed by atoms with van der Waals surface area (Å²) in [7, 11) is 0. The van der Waals surface area contributed by atoms with Crippen molar-refractivity contribution in [2.75, 3.05) is 0 Å². The fourth-order valence-corrected chi connectivity index (χ4v) is 3.31. The summed E-state index contributed by atoms with van der Waals surface area (Å²) in [4.78, 5) is 17.2. The van der Waals surface area contributed by atoms with E-state index >= 15 is 0 Å². The number of aromatic nitrogens is 3. The van der Waals surface area contributed by atoms with E-state index in [4.69, 9.17) is 28.3 Å². The second-order valence-corrected chi connectivity index (χ2v) is 7.83. The molecule has 0 bridgehead atoms. The second kappa shape index (κ2) is 8.76. The second-order valence-electron chi connectivity index (χ2n) is 7.02. The number of hydrogen-bond donors (Lipinski definition) is 1. The van der Waals surface area contributed by atoms with Crippen LogP contribution >= 0.6 is 23.2 Å². The van der Waals surface area contributed by atoms with Gasteiger partial charge in [0.25, 0.3) is 5.91 Å². The molecule has 1 amide bonds. The predicted molar refractivity (Wildman–Crippen MR) is 112 cm³/mol. The number of nitrogens with zero attached hydrogens (tertiary/aromatic N) is 3. The summed E-state index contributed by atoms with van der Waals surface area (Å²) < 4.78 is 1.75. The molecule has 0 aliphatic heterocycles. The van der Waals surface area contributed by atoms with E-state index in [-0.39, 0.29) is 5.91 Å². The van der Waals surface area contributed by atoms with Crippen molar-refractivity contribution in [1.82, 2.24) is 20.1 Å². The maximum absolute atomic E-state index is 13.0. The lowest BCUT2D eigenvalue weighted by Gasteiger charge is -2.08. The molecular formula is C21H22Cl2N4O. The molecule has 0 spiro atoms. The summed E-state index contributed by atoms with van der Waals surface area (Å²) in [5.74, 6) is 0.198. The molecule has 2 aromatic heterocycles. The lowest BCUT2D eigenvalue weighted by molar-refractivity contribution is 0.0948. The van der Waals surface area contributed by atoms with Gasteiger partial charge in [0, 0.05) is 6.20 Å². The number of amides is 1. The fraction of sp³-hybridized carbons (Fsp3) is 0.286. The van der Waals surface area contributed by atoms with Crippen LogP contribution in [0.3, 0.4) is 0 Å². The zero-order valence-corrected chi connectivity index (χ0v) is 17.6. The van der Waals surface area contributed by atoms with Crippen molar-refractivity contribution in [3.05, 3.63) is 75.3 Å². The zero-order chi connectivity index (χ0) is 20.3. The monoisotopic (exact) mass is 416 g/mol. The van der Waals surface area contributed by atoms with Gasteiger partial charge in [0.1, 0.15) is 0 Å². The Balaban J connectivity index is 1.95. The Bertz CT molecular complexity index is 984. The molecule has 1 N–H and O–H groups in total. The van der Waals surface area contributed by atoms with Gasteiger partial charge in [0.2, 0.25) is 0 Å². The van der Waals surface area contributed by atoms with Gasteiger partial charge in [0.05, 0.1) is 44.9 Å². The molecule has 0 aliphatic carbocycles. The zero-order valence-electron chi connectivity index (χ0n) is 16.0. The van der Waals surface area contributed by atoms with E-state index in [1.54, 1.807) is 23.0 Å². The number of rotatable bonds is 6. The molecule has 0 atom stereocenters. The molecule has 2 heterocycles. The van der Waals surface area contributed by atoms with Gasteiger partial charge in [-0.25, -0.2) is 4.68 Å². The van der Waals surface area contributed by atoms with E-state index < -0.39 is 0 Å². The standard InChI is InChI=1S/C21H22Cl2N4O/c1-13(2)10-19-20(21(28)25-12-15-6-4-5-9-24-15)14(3)27(26-19)16-7-8-17(22)18(23)11-16/h4-9,11,13H,10,12H2,1-3H3,(H,25,28). The van der Waals surface area contributed by atoms with Crippen molar-refractivity contribution >= 4 is 29.1 Å². The van der Waals surface area contributed by atoms with Gasteiger partial charge < -0.3 is 5.32 Å². The molecule has 0 unspecified atom stereocenters. The van der Waals surface area contributed by atoms with Gasteiger partial charge in [-0.15, -0.1) is 0 Å². The van der Waals surface area contributed by atoms with Crippen LogP contribution in [0.4, 0.5) is 0 Å². The molecule has 3 aromatic rings. The Labute approximate surface area is 174 Å². The van der Waals surface area contributed by atoms with Crippen molar-refractivity contribution in [2.24, 2.45) is 5.92 Å². The van der Waals surface area contributed by atoms with Crippen LogP contribution in [-0.4, -0.2) is 20.7 Å². The molecule has 0 saturated carbocycles. The van der Waals surface area contributed by atoms with Crippen molar-refractivity contribution in [3.63, 3.8) is 0 Å². The fourth-order valence-electron chi connectivity index (χ4n) is 3.02.